The number of hydrogen-bond donors (Lipinski definition) is 1. The minimum atomic E-state index is -0.152. The summed E-state index contributed by atoms with van der Waals surface area (Å²) in [6.45, 7) is 3.31. The fourth-order valence-electron chi connectivity index (χ4n) is 1.98. The molecule has 1 aliphatic rings. The van der Waals surface area contributed by atoms with Crippen LogP contribution in [-0.2, 0) is 4.74 Å². The molecule has 0 aromatic carbocycles. The summed E-state index contributed by atoms with van der Waals surface area (Å²) in [5, 5.41) is 11.1. The van der Waals surface area contributed by atoms with Gasteiger partial charge in [-0.15, -0.1) is 10.2 Å². The fraction of sp³-hybridized carbons (Fsp3) is 0.615. The van der Waals surface area contributed by atoms with Crippen molar-refractivity contribution in [2.75, 3.05) is 52.7 Å². The number of hydrogen-bond acceptors (Lipinski definition) is 6. The van der Waals surface area contributed by atoms with Gasteiger partial charge in [-0.2, -0.15) is 0 Å². The predicted octanol–water partition coefficient (Wildman–Crippen LogP) is -0.0791. The minimum Gasteiger partial charge on any atom is -0.374 e. The van der Waals surface area contributed by atoms with Gasteiger partial charge in [0, 0.05) is 33.7 Å². The summed E-state index contributed by atoms with van der Waals surface area (Å²) in [4.78, 5) is 15.4. The highest BCUT2D eigenvalue weighted by Crippen LogP contribution is 2.07. The molecule has 20 heavy (non-hydrogen) atoms. The van der Waals surface area contributed by atoms with Gasteiger partial charge in [0.15, 0.2) is 5.69 Å². The lowest BCUT2D eigenvalue weighted by atomic mass is 10.3. The van der Waals surface area contributed by atoms with Crippen molar-refractivity contribution in [1.29, 1.82) is 0 Å². The monoisotopic (exact) mass is 279 g/mol. The lowest BCUT2D eigenvalue weighted by Crippen LogP contribution is -2.43. The highest BCUT2D eigenvalue weighted by Gasteiger charge is 2.17. The van der Waals surface area contributed by atoms with Crippen LogP contribution in [0, 0.1) is 0 Å². The van der Waals surface area contributed by atoms with Crippen LogP contribution in [0.2, 0.25) is 0 Å². The Balaban J connectivity index is 1.86. The average molecular weight is 279 g/mol. The highest BCUT2D eigenvalue weighted by atomic mass is 16.5. The van der Waals surface area contributed by atoms with E-state index in [1.165, 1.54) is 4.90 Å². The Hall–Kier alpha value is -1.73. The molecule has 1 aromatic heterocycles. The van der Waals surface area contributed by atoms with Crippen molar-refractivity contribution in [3.05, 3.63) is 17.8 Å². The van der Waals surface area contributed by atoms with Crippen molar-refractivity contribution >= 4 is 11.7 Å². The Labute approximate surface area is 118 Å². The van der Waals surface area contributed by atoms with Crippen molar-refractivity contribution in [1.82, 2.24) is 20.0 Å². The first-order chi connectivity index (χ1) is 9.56. The van der Waals surface area contributed by atoms with Crippen LogP contribution in [0.4, 0.5) is 5.82 Å². The van der Waals surface area contributed by atoms with Crippen LogP contribution in [0.5, 0.6) is 0 Å². The van der Waals surface area contributed by atoms with E-state index in [-0.39, 0.29) is 12.0 Å². The molecule has 0 radical (unpaired) electrons. The molecule has 7 nitrogen and oxygen atoms in total. The van der Waals surface area contributed by atoms with Crippen molar-refractivity contribution in [2.45, 2.75) is 6.10 Å². The third-order valence-corrected chi connectivity index (χ3v) is 3.14. The summed E-state index contributed by atoms with van der Waals surface area (Å²) in [5.41, 5.74) is 0.342. The number of amides is 1. The van der Waals surface area contributed by atoms with Crippen LogP contribution in [-0.4, -0.2) is 79.4 Å². The lowest BCUT2D eigenvalue weighted by Gasteiger charge is -2.30. The number of aromatic nitrogens is 2. The molecule has 0 bridgehead atoms. The topological polar surface area (TPSA) is 70.6 Å². The maximum absolute atomic E-state index is 11.7. The number of morpholine rings is 1. The fourth-order valence-corrected chi connectivity index (χ4v) is 1.98. The molecule has 1 N–H and O–H groups in total. The van der Waals surface area contributed by atoms with Crippen LogP contribution >= 0.6 is 0 Å². The first-order valence-corrected chi connectivity index (χ1v) is 6.65. The maximum atomic E-state index is 11.7. The van der Waals surface area contributed by atoms with Gasteiger partial charge in [-0.1, -0.05) is 0 Å². The Morgan fingerprint density at radius 2 is 2.30 bits per heavy atom. The Kier molecular flexibility index (Phi) is 4.86. The number of nitrogens with zero attached hydrogens (tertiary/aromatic N) is 4. The third kappa shape index (κ3) is 3.88. The normalized spacial score (nSPS) is 19.6. The molecule has 1 amide bonds. The van der Waals surface area contributed by atoms with E-state index in [1.807, 2.05) is 0 Å². The Morgan fingerprint density at radius 1 is 1.50 bits per heavy atom. The molecule has 0 spiro atoms. The standard InChI is InChI=1S/C13H21N5O2/c1-17(2)13(19)11-4-5-12(16-15-11)14-8-10-9-18(3)6-7-20-10/h4-5,10H,6-9H2,1-3H3,(H,14,16). The molecule has 1 fully saturated rings. The summed E-state index contributed by atoms with van der Waals surface area (Å²) in [6.07, 6.45) is 0.152. The van der Waals surface area contributed by atoms with Gasteiger partial charge in [0.25, 0.3) is 5.91 Å². The molecule has 1 saturated heterocycles. The van der Waals surface area contributed by atoms with Crippen LogP contribution in [0.25, 0.3) is 0 Å². The largest absolute Gasteiger partial charge is 0.374 e. The van der Waals surface area contributed by atoms with E-state index >= 15 is 0 Å². The number of anilines is 1. The van der Waals surface area contributed by atoms with Gasteiger partial charge < -0.3 is 19.9 Å². The number of ether oxygens (including phenoxy) is 1. The molecule has 1 atom stereocenters. The van der Waals surface area contributed by atoms with Gasteiger partial charge in [-0.3, -0.25) is 4.79 Å². The molecular weight excluding hydrogens is 258 g/mol. The summed E-state index contributed by atoms with van der Waals surface area (Å²) in [6, 6.07) is 3.43. The van der Waals surface area contributed by atoms with Gasteiger partial charge in [-0.05, 0) is 19.2 Å². The summed E-state index contributed by atoms with van der Waals surface area (Å²) < 4.78 is 5.65. The first-order valence-electron chi connectivity index (χ1n) is 6.65. The molecule has 2 heterocycles. The maximum Gasteiger partial charge on any atom is 0.273 e. The first kappa shape index (κ1) is 14.7. The lowest BCUT2D eigenvalue weighted by molar-refractivity contribution is -0.0117. The van der Waals surface area contributed by atoms with E-state index in [9.17, 15) is 4.79 Å². The Bertz CT molecular complexity index is 449. The second-order valence-corrected chi connectivity index (χ2v) is 5.14. The van der Waals surface area contributed by atoms with Gasteiger partial charge in [0.1, 0.15) is 5.82 Å². The molecule has 110 valence electrons. The minimum absolute atomic E-state index is 0.152. The van der Waals surface area contributed by atoms with Crippen LogP contribution in [0.15, 0.2) is 12.1 Å². The number of nitrogens with one attached hydrogen (secondary N) is 1. The van der Waals surface area contributed by atoms with E-state index in [2.05, 4.69) is 27.5 Å². The zero-order chi connectivity index (χ0) is 14.5. The molecule has 0 aliphatic carbocycles. The van der Waals surface area contributed by atoms with Crippen molar-refractivity contribution in [2.24, 2.45) is 0 Å². The smallest absolute Gasteiger partial charge is 0.273 e. The van der Waals surface area contributed by atoms with Crippen molar-refractivity contribution in [3.8, 4) is 0 Å². The van der Waals surface area contributed by atoms with Crippen molar-refractivity contribution < 1.29 is 9.53 Å². The number of carbonyl (C=O) groups is 1. The quantitative estimate of drug-likeness (QED) is 0.831. The van der Waals surface area contributed by atoms with Gasteiger partial charge >= 0.3 is 0 Å². The van der Waals surface area contributed by atoms with Crippen LogP contribution in [0.3, 0.4) is 0 Å². The molecule has 1 aliphatic heterocycles. The number of carbonyl (C=O) groups excluding carboxylic acids is 1. The predicted molar refractivity (Wildman–Crippen MR) is 75.8 cm³/mol. The number of rotatable bonds is 4. The third-order valence-electron chi connectivity index (χ3n) is 3.14. The van der Waals surface area contributed by atoms with Gasteiger partial charge in [-0.25, -0.2) is 0 Å². The molecule has 1 aromatic rings. The van der Waals surface area contributed by atoms with E-state index in [0.29, 0.717) is 18.1 Å². The van der Waals surface area contributed by atoms with Gasteiger partial charge in [0.2, 0.25) is 0 Å². The summed E-state index contributed by atoms with van der Waals surface area (Å²) in [5.74, 6) is 0.499. The highest BCUT2D eigenvalue weighted by molar-refractivity contribution is 5.91. The second-order valence-electron chi connectivity index (χ2n) is 5.14. The molecule has 2 rings (SSSR count). The summed E-state index contributed by atoms with van der Waals surface area (Å²) >= 11 is 0. The van der Waals surface area contributed by atoms with E-state index in [1.54, 1.807) is 26.2 Å². The second kappa shape index (κ2) is 6.62. The number of likely N-dealkylation sites (N-methyl/N-ethyl adjacent to an activating group) is 1. The zero-order valence-electron chi connectivity index (χ0n) is 12.2. The average Bonchev–Trinajstić information content (AvgIpc) is 2.45. The van der Waals surface area contributed by atoms with E-state index < -0.39 is 0 Å². The zero-order valence-corrected chi connectivity index (χ0v) is 12.2. The molecule has 7 heteroatoms. The molecular formula is C13H21N5O2. The van der Waals surface area contributed by atoms with Crippen LogP contribution < -0.4 is 5.32 Å². The van der Waals surface area contributed by atoms with E-state index in [4.69, 9.17) is 4.74 Å². The summed E-state index contributed by atoms with van der Waals surface area (Å²) in [7, 11) is 5.46. The van der Waals surface area contributed by atoms with Crippen molar-refractivity contribution in [3.63, 3.8) is 0 Å². The van der Waals surface area contributed by atoms with Gasteiger partial charge in [0.05, 0.1) is 12.7 Å². The van der Waals surface area contributed by atoms with Crippen LogP contribution in [0.1, 0.15) is 10.5 Å². The SMILES string of the molecule is CN1CCOC(CNc2ccc(C(=O)N(C)C)nn2)C1. The molecule has 0 saturated carbocycles. The van der Waals surface area contributed by atoms with E-state index in [0.717, 1.165) is 19.7 Å². The molecule has 1 unspecified atom stereocenters. The Morgan fingerprint density at radius 3 is 2.90 bits per heavy atom.